The summed E-state index contributed by atoms with van der Waals surface area (Å²) in [6.45, 7) is 1.72. The Kier molecular flexibility index (Phi) is 5.81. The molecule has 142 valence electrons. The lowest BCUT2D eigenvalue weighted by molar-refractivity contribution is 0.0954. The average Bonchev–Trinajstić information content (AvgIpc) is 2.73. The van der Waals surface area contributed by atoms with Crippen LogP contribution in [-0.2, 0) is 10.0 Å². The summed E-state index contributed by atoms with van der Waals surface area (Å²) in [5, 5.41) is 4.08. The number of hydrogen-bond acceptors (Lipinski definition) is 5. The van der Waals surface area contributed by atoms with Gasteiger partial charge in [0.25, 0.3) is 15.9 Å². The summed E-state index contributed by atoms with van der Waals surface area (Å²) in [5.74, 6) is -0.381. The third-order valence-corrected chi connectivity index (χ3v) is 5.23. The molecule has 1 amide bonds. The molecule has 8 heteroatoms. The Morgan fingerprint density at radius 2 is 1.71 bits per heavy atom. The predicted molar refractivity (Wildman–Crippen MR) is 108 cm³/mol. The molecule has 3 rings (SSSR count). The minimum Gasteiger partial charge on any atom is -0.280 e. The Morgan fingerprint density at radius 1 is 0.964 bits per heavy atom. The monoisotopic (exact) mass is 394 g/mol. The highest BCUT2D eigenvalue weighted by molar-refractivity contribution is 7.92. The van der Waals surface area contributed by atoms with Crippen molar-refractivity contribution in [2.24, 2.45) is 5.10 Å². The molecule has 0 fully saturated rings. The Hall–Kier alpha value is -3.52. The van der Waals surface area contributed by atoms with E-state index in [0.29, 0.717) is 22.5 Å². The zero-order chi connectivity index (χ0) is 20.0. The third-order valence-electron chi connectivity index (χ3n) is 3.83. The van der Waals surface area contributed by atoms with Gasteiger partial charge in [0, 0.05) is 18.1 Å². The van der Waals surface area contributed by atoms with Crippen molar-refractivity contribution in [3.8, 4) is 0 Å². The van der Waals surface area contributed by atoms with Crippen LogP contribution in [0.25, 0.3) is 0 Å². The van der Waals surface area contributed by atoms with Crippen LogP contribution >= 0.6 is 0 Å². The van der Waals surface area contributed by atoms with E-state index in [0.717, 1.165) is 0 Å². The van der Waals surface area contributed by atoms with Crippen LogP contribution in [0.3, 0.4) is 0 Å². The van der Waals surface area contributed by atoms with E-state index in [1.54, 1.807) is 67.7 Å². The van der Waals surface area contributed by atoms with Crippen molar-refractivity contribution in [1.29, 1.82) is 0 Å². The molecule has 2 aromatic carbocycles. The van der Waals surface area contributed by atoms with Crippen LogP contribution in [0.1, 0.15) is 22.8 Å². The van der Waals surface area contributed by atoms with Crippen LogP contribution in [0, 0.1) is 0 Å². The van der Waals surface area contributed by atoms with Crippen LogP contribution in [-0.4, -0.2) is 25.0 Å². The molecule has 1 aromatic heterocycles. The van der Waals surface area contributed by atoms with Crippen molar-refractivity contribution in [3.05, 3.63) is 90.3 Å². The molecular formula is C20H18N4O3S. The van der Waals surface area contributed by atoms with Gasteiger partial charge >= 0.3 is 0 Å². The summed E-state index contributed by atoms with van der Waals surface area (Å²) < 4.78 is 27.4. The molecule has 0 aliphatic carbocycles. The highest BCUT2D eigenvalue weighted by atomic mass is 32.2. The van der Waals surface area contributed by atoms with Crippen molar-refractivity contribution in [2.75, 3.05) is 4.72 Å². The second-order valence-corrected chi connectivity index (χ2v) is 7.56. The first kappa shape index (κ1) is 19.2. The third kappa shape index (κ3) is 4.80. The molecule has 0 unspecified atom stereocenters. The highest BCUT2D eigenvalue weighted by Crippen LogP contribution is 2.17. The molecule has 3 aromatic rings. The molecule has 0 saturated heterocycles. The number of nitrogens with one attached hydrogen (secondary N) is 2. The molecule has 0 radical (unpaired) electrons. The lowest BCUT2D eigenvalue weighted by atomic mass is 10.1. The van der Waals surface area contributed by atoms with E-state index in [2.05, 4.69) is 20.2 Å². The summed E-state index contributed by atoms with van der Waals surface area (Å²) in [6, 6.07) is 18.2. The number of hydrogen-bond donors (Lipinski definition) is 2. The first-order valence-electron chi connectivity index (χ1n) is 8.39. The zero-order valence-corrected chi connectivity index (χ0v) is 15.8. The second-order valence-electron chi connectivity index (χ2n) is 5.88. The Labute approximate surface area is 163 Å². The van der Waals surface area contributed by atoms with Gasteiger partial charge in [-0.3, -0.25) is 14.5 Å². The minimum absolute atomic E-state index is 0.175. The lowest BCUT2D eigenvalue weighted by Crippen LogP contribution is -2.19. The molecule has 7 nitrogen and oxygen atoms in total. The normalized spacial score (nSPS) is 11.7. The molecule has 0 spiro atoms. The summed E-state index contributed by atoms with van der Waals surface area (Å²) in [4.78, 5) is 16.1. The Bertz CT molecular complexity index is 1100. The maximum absolute atomic E-state index is 12.5. The van der Waals surface area contributed by atoms with Crippen LogP contribution in [0.15, 0.2) is 89.1 Å². The zero-order valence-electron chi connectivity index (χ0n) is 15.0. The number of amides is 1. The Morgan fingerprint density at radius 3 is 2.43 bits per heavy atom. The number of rotatable bonds is 6. The summed E-state index contributed by atoms with van der Waals surface area (Å²) >= 11 is 0. The topological polar surface area (TPSA) is 101 Å². The lowest BCUT2D eigenvalue weighted by Gasteiger charge is -2.09. The SMILES string of the molecule is C/C(=N/NC(=O)c1cccnc1)c1cccc(NS(=O)(=O)c2ccccc2)c1. The second kappa shape index (κ2) is 8.45. The molecule has 1 heterocycles. The van der Waals surface area contributed by atoms with Crippen molar-refractivity contribution in [2.45, 2.75) is 11.8 Å². The maximum atomic E-state index is 12.5. The fraction of sp³-hybridized carbons (Fsp3) is 0.0500. The smallest absolute Gasteiger partial charge is 0.272 e. The van der Waals surface area contributed by atoms with Gasteiger partial charge in [-0.05, 0) is 48.9 Å². The van der Waals surface area contributed by atoms with Gasteiger partial charge in [0.15, 0.2) is 0 Å². The number of anilines is 1. The van der Waals surface area contributed by atoms with Gasteiger partial charge in [0.1, 0.15) is 0 Å². The van der Waals surface area contributed by atoms with E-state index in [4.69, 9.17) is 0 Å². The van der Waals surface area contributed by atoms with Gasteiger partial charge in [0.05, 0.1) is 16.2 Å². The standard InChI is InChI=1S/C20H18N4O3S/c1-15(22-23-20(25)17-8-6-12-21-14-17)16-7-5-9-18(13-16)24-28(26,27)19-10-3-2-4-11-19/h2-14,24H,1H3,(H,23,25)/b22-15-. The van der Waals surface area contributed by atoms with Gasteiger partial charge in [-0.15, -0.1) is 0 Å². The minimum atomic E-state index is -3.68. The van der Waals surface area contributed by atoms with E-state index in [-0.39, 0.29) is 10.8 Å². The molecule has 28 heavy (non-hydrogen) atoms. The fourth-order valence-electron chi connectivity index (χ4n) is 2.38. The van der Waals surface area contributed by atoms with Crippen molar-refractivity contribution in [1.82, 2.24) is 10.4 Å². The van der Waals surface area contributed by atoms with Gasteiger partial charge in [-0.1, -0.05) is 30.3 Å². The summed E-state index contributed by atoms with van der Waals surface area (Å²) in [6.07, 6.45) is 3.02. The fourth-order valence-corrected chi connectivity index (χ4v) is 3.45. The van der Waals surface area contributed by atoms with Gasteiger partial charge < -0.3 is 0 Å². The molecule has 0 aliphatic heterocycles. The number of sulfonamides is 1. The van der Waals surface area contributed by atoms with E-state index in [9.17, 15) is 13.2 Å². The predicted octanol–water partition coefficient (Wildman–Crippen LogP) is 3.04. The van der Waals surface area contributed by atoms with Crippen molar-refractivity contribution >= 4 is 27.3 Å². The number of pyridine rings is 1. The van der Waals surface area contributed by atoms with Crippen LogP contribution in [0.2, 0.25) is 0 Å². The maximum Gasteiger partial charge on any atom is 0.272 e. The number of nitrogens with zero attached hydrogens (tertiary/aromatic N) is 2. The number of aromatic nitrogens is 1. The number of benzene rings is 2. The van der Waals surface area contributed by atoms with Crippen molar-refractivity contribution < 1.29 is 13.2 Å². The van der Waals surface area contributed by atoms with E-state index >= 15 is 0 Å². The van der Waals surface area contributed by atoms with Gasteiger partial charge in [0.2, 0.25) is 0 Å². The first-order valence-corrected chi connectivity index (χ1v) is 9.87. The average molecular weight is 394 g/mol. The van der Waals surface area contributed by atoms with E-state index in [1.807, 2.05) is 0 Å². The summed E-state index contributed by atoms with van der Waals surface area (Å²) in [7, 11) is -3.68. The molecule has 0 aliphatic rings. The number of carbonyl (C=O) groups excluding carboxylic acids is 1. The van der Waals surface area contributed by atoms with Crippen molar-refractivity contribution in [3.63, 3.8) is 0 Å². The quantitative estimate of drug-likeness (QED) is 0.496. The Balaban J connectivity index is 1.74. The molecule has 0 saturated carbocycles. The first-order chi connectivity index (χ1) is 13.5. The molecule has 2 N–H and O–H groups in total. The van der Waals surface area contributed by atoms with Gasteiger partial charge in [-0.25, -0.2) is 13.8 Å². The highest BCUT2D eigenvalue weighted by Gasteiger charge is 2.14. The van der Waals surface area contributed by atoms with E-state index < -0.39 is 10.0 Å². The van der Waals surface area contributed by atoms with Crippen LogP contribution < -0.4 is 10.1 Å². The van der Waals surface area contributed by atoms with Crippen LogP contribution in [0.4, 0.5) is 5.69 Å². The van der Waals surface area contributed by atoms with Crippen LogP contribution in [0.5, 0.6) is 0 Å². The molecule has 0 atom stereocenters. The number of hydrazone groups is 1. The molecule has 0 bridgehead atoms. The number of carbonyl (C=O) groups is 1. The summed E-state index contributed by atoms with van der Waals surface area (Å²) in [5.41, 5.74) is 4.44. The van der Waals surface area contributed by atoms with Gasteiger partial charge in [-0.2, -0.15) is 5.10 Å². The molecular weight excluding hydrogens is 376 g/mol. The largest absolute Gasteiger partial charge is 0.280 e. The van der Waals surface area contributed by atoms with E-state index in [1.165, 1.54) is 18.3 Å².